The first-order valence-electron chi connectivity index (χ1n) is 8.77. The van der Waals surface area contributed by atoms with Crippen LogP contribution in [0.15, 0.2) is 61.0 Å². The van der Waals surface area contributed by atoms with E-state index in [0.717, 1.165) is 18.0 Å². The minimum Gasteiger partial charge on any atom is -0.356 e. The summed E-state index contributed by atoms with van der Waals surface area (Å²) in [5.41, 5.74) is -1.43. The average molecular weight is 419 g/mol. The van der Waals surface area contributed by atoms with Gasteiger partial charge in [0, 0.05) is 36.3 Å². The summed E-state index contributed by atoms with van der Waals surface area (Å²) >= 11 is 5.99. The first-order valence-corrected chi connectivity index (χ1v) is 9.15. The van der Waals surface area contributed by atoms with Crippen LogP contribution >= 0.6 is 11.6 Å². The molecule has 150 valence electrons. The standard InChI is InChI=1S/C22H18ClF3N2O/c1-3-11-21(15-7-9-16(23)10-8-15)12-5-4-6-19(21)27-20(29)17-13-28(2)14-18(17)22(24,25)26/h1,4-10,12-14,19H,11H2,2H3,(H,27,29). The molecule has 1 heterocycles. The Morgan fingerprint density at radius 3 is 2.59 bits per heavy atom. The van der Waals surface area contributed by atoms with E-state index in [1.54, 1.807) is 42.5 Å². The number of amides is 1. The van der Waals surface area contributed by atoms with Crippen LogP contribution < -0.4 is 5.32 Å². The molecule has 0 saturated carbocycles. The van der Waals surface area contributed by atoms with E-state index in [9.17, 15) is 18.0 Å². The van der Waals surface area contributed by atoms with Crippen molar-refractivity contribution in [3.05, 3.63) is 82.7 Å². The highest BCUT2D eigenvalue weighted by Crippen LogP contribution is 2.38. The van der Waals surface area contributed by atoms with Crippen LogP contribution in [0.4, 0.5) is 13.2 Å². The quantitative estimate of drug-likeness (QED) is 0.705. The molecule has 29 heavy (non-hydrogen) atoms. The maximum absolute atomic E-state index is 13.3. The van der Waals surface area contributed by atoms with Gasteiger partial charge in [0.1, 0.15) is 0 Å². The largest absolute Gasteiger partial charge is 0.418 e. The van der Waals surface area contributed by atoms with Crippen molar-refractivity contribution in [2.24, 2.45) is 7.05 Å². The predicted molar refractivity (Wildman–Crippen MR) is 107 cm³/mol. The third-order valence-corrected chi connectivity index (χ3v) is 5.18. The van der Waals surface area contributed by atoms with Crippen molar-refractivity contribution in [3.63, 3.8) is 0 Å². The molecule has 2 aromatic rings. The van der Waals surface area contributed by atoms with E-state index in [1.165, 1.54) is 11.6 Å². The van der Waals surface area contributed by atoms with Crippen LogP contribution in [0.1, 0.15) is 27.9 Å². The maximum Gasteiger partial charge on any atom is 0.418 e. The first kappa shape index (κ1) is 20.8. The van der Waals surface area contributed by atoms with Gasteiger partial charge in [-0.25, -0.2) is 0 Å². The smallest absolute Gasteiger partial charge is 0.356 e. The zero-order valence-electron chi connectivity index (χ0n) is 15.5. The highest BCUT2D eigenvalue weighted by Gasteiger charge is 2.41. The Labute approximate surface area is 171 Å². The lowest BCUT2D eigenvalue weighted by Gasteiger charge is -2.38. The minimum absolute atomic E-state index is 0.237. The third kappa shape index (κ3) is 4.10. The van der Waals surface area contributed by atoms with Crippen LogP contribution in [0.5, 0.6) is 0 Å². The highest BCUT2D eigenvalue weighted by atomic mass is 35.5. The number of terminal acetylenes is 1. The molecule has 1 aliphatic rings. The number of hydrogen-bond acceptors (Lipinski definition) is 1. The lowest BCUT2D eigenvalue weighted by Crippen LogP contribution is -2.49. The number of aromatic nitrogens is 1. The number of halogens is 4. The molecule has 1 aliphatic carbocycles. The number of nitrogens with zero attached hydrogens (tertiary/aromatic N) is 1. The Morgan fingerprint density at radius 2 is 1.97 bits per heavy atom. The van der Waals surface area contributed by atoms with Crippen molar-refractivity contribution in [1.29, 1.82) is 0 Å². The molecule has 0 spiro atoms. The Bertz CT molecular complexity index is 1010. The predicted octanol–water partition coefficient (Wildman–Crippen LogP) is 4.88. The lowest BCUT2D eigenvalue weighted by atomic mass is 9.69. The molecule has 0 radical (unpaired) electrons. The molecular weight excluding hydrogens is 401 g/mol. The zero-order chi connectivity index (χ0) is 21.2. The average Bonchev–Trinajstić information content (AvgIpc) is 3.06. The highest BCUT2D eigenvalue weighted by molar-refractivity contribution is 6.30. The summed E-state index contributed by atoms with van der Waals surface area (Å²) in [5.74, 6) is 1.80. The number of rotatable bonds is 4. The number of nitrogens with one attached hydrogen (secondary N) is 1. The third-order valence-electron chi connectivity index (χ3n) is 4.93. The fourth-order valence-electron chi connectivity index (χ4n) is 3.54. The van der Waals surface area contributed by atoms with Gasteiger partial charge in [-0.05, 0) is 17.7 Å². The SMILES string of the molecule is C#CCC1(c2ccc(Cl)cc2)C=CC=CC1NC(=O)c1cn(C)cc1C(F)(F)F. The number of hydrogen-bond donors (Lipinski definition) is 1. The lowest BCUT2D eigenvalue weighted by molar-refractivity contribution is -0.137. The molecule has 2 unspecified atom stereocenters. The Hall–Kier alpha value is -2.91. The second kappa shape index (κ2) is 7.84. The van der Waals surface area contributed by atoms with Crippen LogP contribution in [0.25, 0.3) is 0 Å². The van der Waals surface area contributed by atoms with Gasteiger partial charge in [-0.15, -0.1) is 12.3 Å². The van der Waals surface area contributed by atoms with Crippen molar-refractivity contribution < 1.29 is 18.0 Å². The molecule has 1 aromatic carbocycles. The van der Waals surface area contributed by atoms with Gasteiger partial charge in [-0.1, -0.05) is 48.0 Å². The number of benzene rings is 1. The van der Waals surface area contributed by atoms with Gasteiger partial charge < -0.3 is 9.88 Å². The molecule has 7 heteroatoms. The van der Waals surface area contributed by atoms with Gasteiger partial charge in [0.25, 0.3) is 5.91 Å². The fourth-order valence-corrected chi connectivity index (χ4v) is 3.67. The molecule has 1 aromatic heterocycles. The Balaban J connectivity index is 1.99. The molecule has 2 atom stereocenters. The van der Waals surface area contributed by atoms with Crippen LogP contribution in [-0.4, -0.2) is 16.5 Å². The van der Waals surface area contributed by atoms with Gasteiger partial charge in [0.2, 0.25) is 0 Å². The summed E-state index contributed by atoms with van der Waals surface area (Å²) in [5, 5.41) is 3.27. The van der Waals surface area contributed by atoms with E-state index in [0.29, 0.717) is 5.02 Å². The number of carbonyl (C=O) groups excluding carboxylic acids is 1. The van der Waals surface area contributed by atoms with Gasteiger partial charge in [0.15, 0.2) is 0 Å². The number of alkyl halides is 3. The first-order chi connectivity index (χ1) is 13.7. The van der Waals surface area contributed by atoms with Crippen molar-refractivity contribution in [3.8, 4) is 12.3 Å². The molecule has 0 saturated heterocycles. The second-order valence-corrected chi connectivity index (χ2v) is 7.31. The molecule has 3 nitrogen and oxygen atoms in total. The summed E-state index contributed by atoms with van der Waals surface area (Å²) < 4.78 is 41.2. The van der Waals surface area contributed by atoms with Gasteiger partial charge in [-0.2, -0.15) is 13.2 Å². The Morgan fingerprint density at radius 1 is 1.28 bits per heavy atom. The molecule has 0 fully saturated rings. The van der Waals surface area contributed by atoms with E-state index < -0.39 is 34.7 Å². The minimum atomic E-state index is -4.64. The number of aryl methyl sites for hydroxylation is 1. The van der Waals surface area contributed by atoms with Gasteiger partial charge in [-0.3, -0.25) is 4.79 Å². The summed E-state index contributed by atoms with van der Waals surface area (Å²) in [6.45, 7) is 0. The zero-order valence-corrected chi connectivity index (χ0v) is 16.3. The van der Waals surface area contributed by atoms with Crippen molar-refractivity contribution in [2.75, 3.05) is 0 Å². The van der Waals surface area contributed by atoms with Crippen LogP contribution in [0.3, 0.4) is 0 Å². The summed E-state index contributed by atoms with van der Waals surface area (Å²) in [6, 6.07) is 6.37. The van der Waals surface area contributed by atoms with E-state index in [2.05, 4.69) is 11.2 Å². The topological polar surface area (TPSA) is 34.0 Å². The molecule has 1 N–H and O–H groups in total. The van der Waals surface area contributed by atoms with Gasteiger partial charge in [0.05, 0.1) is 17.2 Å². The second-order valence-electron chi connectivity index (χ2n) is 6.87. The van der Waals surface area contributed by atoms with E-state index in [4.69, 9.17) is 18.0 Å². The molecule has 3 rings (SSSR count). The molecule has 0 aliphatic heterocycles. The van der Waals surface area contributed by atoms with Crippen molar-refractivity contribution >= 4 is 17.5 Å². The van der Waals surface area contributed by atoms with Gasteiger partial charge >= 0.3 is 6.18 Å². The normalized spacial score (nSPS) is 21.0. The van der Waals surface area contributed by atoms with E-state index in [-0.39, 0.29) is 6.42 Å². The summed E-state index contributed by atoms with van der Waals surface area (Å²) in [6.07, 6.45) is 10.4. The molecule has 0 bridgehead atoms. The number of carbonyl (C=O) groups is 1. The van der Waals surface area contributed by atoms with Crippen LogP contribution in [0.2, 0.25) is 5.02 Å². The van der Waals surface area contributed by atoms with Crippen LogP contribution in [0, 0.1) is 12.3 Å². The summed E-state index contributed by atoms with van der Waals surface area (Å²) in [7, 11) is 1.44. The molecular formula is C22H18ClF3N2O. The molecule has 1 amide bonds. The van der Waals surface area contributed by atoms with Crippen molar-refractivity contribution in [1.82, 2.24) is 9.88 Å². The Kier molecular flexibility index (Phi) is 5.63. The fraction of sp³-hybridized carbons (Fsp3) is 0.227. The van der Waals surface area contributed by atoms with E-state index in [1.807, 2.05) is 6.08 Å². The summed E-state index contributed by atoms with van der Waals surface area (Å²) in [4.78, 5) is 12.8. The number of allylic oxidation sites excluding steroid dienone is 2. The maximum atomic E-state index is 13.3. The van der Waals surface area contributed by atoms with Crippen molar-refractivity contribution in [2.45, 2.75) is 24.1 Å². The van der Waals surface area contributed by atoms with E-state index >= 15 is 0 Å². The monoisotopic (exact) mass is 418 g/mol. The van der Waals surface area contributed by atoms with Crippen LogP contribution in [-0.2, 0) is 18.6 Å².